The van der Waals surface area contributed by atoms with E-state index in [-0.39, 0.29) is 17.6 Å². The van der Waals surface area contributed by atoms with E-state index in [9.17, 15) is 9.90 Å². The van der Waals surface area contributed by atoms with Gasteiger partial charge in [0.25, 0.3) is 5.56 Å². The topological polar surface area (TPSA) is 64.3 Å². The zero-order chi connectivity index (χ0) is 20.3. The molecule has 0 saturated carbocycles. The quantitative estimate of drug-likeness (QED) is 0.809. The molecule has 1 unspecified atom stereocenters. The molecule has 1 heterocycles. The van der Waals surface area contributed by atoms with Crippen LogP contribution in [-0.2, 0) is 12.5 Å². The van der Waals surface area contributed by atoms with Gasteiger partial charge in [-0.3, -0.25) is 4.79 Å². The van der Waals surface area contributed by atoms with Crippen LogP contribution in [-0.4, -0.2) is 27.9 Å². The minimum absolute atomic E-state index is 0.0731. The molecule has 0 spiro atoms. The predicted molar refractivity (Wildman–Crippen MR) is 108 cm³/mol. The second kappa shape index (κ2) is 11.7. The number of aliphatic hydroxyl groups is 1. The van der Waals surface area contributed by atoms with E-state index < -0.39 is 6.10 Å². The van der Waals surface area contributed by atoms with Gasteiger partial charge < -0.3 is 9.84 Å². The van der Waals surface area contributed by atoms with E-state index in [0.717, 1.165) is 5.56 Å². The molecule has 5 nitrogen and oxygen atoms in total. The van der Waals surface area contributed by atoms with E-state index in [1.807, 2.05) is 38.1 Å². The summed E-state index contributed by atoms with van der Waals surface area (Å²) in [5, 5.41) is 13.5. The van der Waals surface area contributed by atoms with Crippen molar-refractivity contribution in [3.8, 4) is 5.75 Å². The highest BCUT2D eigenvalue weighted by Gasteiger charge is 2.16. The van der Waals surface area contributed by atoms with Gasteiger partial charge in [0.2, 0.25) is 0 Å². The van der Waals surface area contributed by atoms with Crippen LogP contribution >= 0.6 is 11.6 Å². The lowest BCUT2D eigenvalue weighted by Gasteiger charge is -2.21. The van der Waals surface area contributed by atoms with Gasteiger partial charge >= 0.3 is 0 Å². The predicted octanol–water partition coefficient (Wildman–Crippen LogP) is 4.07. The number of hydrogen-bond donors (Lipinski definition) is 1. The van der Waals surface area contributed by atoms with Gasteiger partial charge in [0, 0.05) is 19.5 Å². The summed E-state index contributed by atoms with van der Waals surface area (Å²) < 4.78 is 6.91. The number of rotatable bonds is 4. The Balaban J connectivity index is 0.00000146. The molecular formula is C20H31ClN2O3. The van der Waals surface area contributed by atoms with E-state index in [1.165, 1.54) is 28.9 Å². The zero-order valence-electron chi connectivity index (χ0n) is 16.8. The Morgan fingerprint density at radius 2 is 1.73 bits per heavy atom. The van der Waals surface area contributed by atoms with Gasteiger partial charge in [0.05, 0.1) is 12.8 Å². The summed E-state index contributed by atoms with van der Waals surface area (Å²) in [6.45, 7) is 10.3. The molecule has 0 amide bonds. The van der Waals surface area contributed by atoms with Crippen LogP contribution in [0.5, 0.6) is 5.75 Å². The number of hydrogen-bond acceptors (Lipinski definition) is 4. The van der Waals surface area contributed by atoms with Crippen LogP contribution in [0, 0.1) is 0 Å². The highest BCUT2D eigenvalue weighted by atomic mass is 35.5. The summed E-state index contributed by atoms with van der Waals surface area (Å²) in [7, 11) is 1.57. The molecule has 0 aliphatic rings. The van der Waals surface area contributed by atoms with Crippen molar-refractivity contribution in [3.05, 3.63) is 58.0 Å². The molecule has 2 rings (SSSR count). The molecule has 0 bridgehead atoms. The maximum absolute atomic E-state index is 11.6. The Labute approximate surface area is 161 Å². The van der Waals surface area contributed by atoms with E-state index >= 15 is 0 Å². The normalized spacial score (nSPS) is 11.4. The number of alkyl halides is 1. The Morgan fingerprint density at radius 1 is 1.19 bits per heavy atom. The lowest BCUT2D eigenvalue weighted by Crippen LogP contribution is -2.20. The molecular weight excluding hydrogens is 352 g/mol. The Hall–Kier alpha value is -1.85. The molecule has 0 aliphatic heterocycles. The summed E-state index contributed by atoms with van der Waals surface area (Å²) in [5.74, 6) is 0.349. The molecule has 2 aromatic rings. The van der Waals surface area contributed by atoms with Crippen LogP contribution in [0.4, 0.5) is 0 Å². The second-order valence-electron chi connectivity index (χ2n) is 6.31. The second-order valence-corrected chi connectivity index (χ2v) is 6.31. The standard InChI is InChI=1S/C17H22N2O3.C2H6.CH3Cl/c1-17(2,3)13-7-5-12(6-8-13)15(11-20)22-14-9-16(21)19(4)18-10-14;2*1-2/h5-10,15,20H,11H2,1-4H3;1-2H3;1H3. The SMILES string of the molecule is CC.CCl.Cn1ncc(OC(CO)c2ccc(C(C)(C)C)cc2)cc1=O. The fourth-order valence-electron chi connectivity index (χ4n) is 2.09. The third-order valence-electron chi connectivity index (χ3n) is 3.54. The Morgan fingerprint density at radius 3 is 2.15 bits per heavy atom. The summed E-state index contributed by atoms with van der Waals surface area (Å²) in [6, 6.07) is 9.30. The first kappa shape index (κ1) is 24.2. The smallest absolute Gasteiger partial charge is 0.270 e. The van der Waals surface area contributed by atoms with Crippen LogP contribution in [0.25, 0.3) is 0 Å². The van der Waals surface area contributed by atoms with Crippen LogP contribution in [0.1, 0.15) is 51.8 Å². The third-order valence-corrected chi connectivity index (χ3v) is 3.54. The van der Waals surface area contributed by atoms with Gasteiger partial charge in [-0.25, -0.2) is 4.68 Å². The van der Waals surface area contributed by atoms with Crippen LogP contribution in [0.2, 0.25) is 0 Å². The van der Waals surface area contributed by atoms with Crippen LogP contribution in [0.15, 0.2) is 41.3 Å². The number of benzene rings is 1. The number of nitrogens with zero attached hydrogens (tertiary/aromatic N) is 2. The van der Waals surface area contributed by atoms with Gasteiger partial charge in [-0.05, 0) is 16.5 Å². The average Bonchev–Trinajstić information content (AvgIpc) is 2.65. The van der Waals surface area contributed by atoms with Crippen molar-refractivity contribution in [3.63, 3.8) is 0 Å². The van der Waals surface area contributed by atoms with Crippen molar-refractivity contribution < 1.29 is 9.84 Å². The molecule has 26 heavy (non-hydrogen) atoms. The lowest BCUT2D eigenvalue weighted by atomic mass is 9.86. The molecule has 0 fully saturated rings. The van der Waals surface area contributed by atoms with Gasteiger partial charge in [0.15, 0.2) is 0 Å². The monoisotopic (exact) mass is 382 g/mol. The minimum atomic E-state index is -0.525. The first-order valence-corrected chi connectivity index (χ1v) is 9.36. The van der Waals surface area contributed by atoms with Crippen molar-refractivity contribution in [2.45, 2.75) is 46.1 Å². The van der Waals surface area contributed by atoms with Crippen molar-refractivity contribution >= 4 is 11.6 Å². The molecule has 0 aliphatic carbocycles. The summed E-state index contributed by atoms with van der Waals surface area (Å²) >= 11 is 4.64. The molecule has 6 heteroatoms. The lowest BCUT2D eigenvalue weighted by molar-refractivity contribution is 0.115. The van der Waals surface area contributed by atoms with Gasteiger partial charge in [-0.1, -0.05) is 58.9 Å². The third kappa shape index (κ3) is 7.18. The van der Waals surface area contributed by atoms with E-state index in [2.05, 4.69) is 37.5 Å². The molecule has 146 valence electrons. The molecule has 1 atom stereocenters. The number of aliphatic hydroxyl groups excluding tert-OH is 1. The fraction of sp³-hybridized carbons (Fsp3) is 0.500. The number of aryl methyl sites for hydroxylation is 1. The number of aromatic nitrogens is 2. The Bertz CT molecular complexity index is 691. The van der Waals surface area contributed by atoms with E-state index in [0.29, 0.717) is 5.75 Å². The first-order chi connectivity index (χ1) is 12.3. The van der Waals surface area contributed by atoms with E-state index in [1.54, 1.807) is 7.05 Å². The minimum Gasteiger partial charge on any atom is -0.481 e. The largest absolute Gasteiger partial charge is 0.481 e. The van der Waals surface area contributed by atoms with Crippen LogP contribution < -0.4 is 10.3 Å². The highest BCUT2D eigenvalue weighted by Crippen LogP contribution is 2.25. The molecule has 1 aromatic heterocycles. The summed E-state index contributed by atoms with van der Waals surface area (Å²) in [4.78, 5) is 11.6. The molecule has 0 radical (unpaired) electrons. The molecule has 1 aromatic carbocycles. The first-order valence-electron chi connectivity index (χ1n) is 8.60. The Kier molecular flexibility index (Phi) is 10.9. The maximum atomic E-state index is 11.6. The van der Waals surface area contributed by atoms with Crippen molar-refractivity contribution in [1.82, 2.24) is 9.78 Å². The van der Waals surface area contributed by atoms with Gasteiger partial charge in [0.1, 0.15) is 11.9 Å². The van der Waals surface area contributed by atoms with Crippen molar-refractivity contribution in [1.29, 1.82) is 0 Å². The van der Waals surface area contributed by atoms with Crippen molar-refractivity contribution in [2.75, 3.05) is 13.0 Å². The molecule has 0 saturated heterocycles. The fourth-order valence-corrected chi connectivity index (χ4v) is 2.09. The zero-order valence-corrected chi connectivity index (χ0v) is 17.5. The summed E-state index contributed by atoms with van der Waals surface area (Å²) in [5.41, 5.74) is 1.89. The molecule has 1 N–H and O–H groups in total. The highest BCUT2D eigenvalue weighted by molar-refractivity contribution is 6.15. The van der Waals surface area contributed by atoms with Crippen molar-refractivity contribution in [2.24, 2.45) is 7.05 Å². The van der Waals surface area contributed by atoms with Gasteiger partial charge in [-0.15, -0.1) is 11.6 Å². The van der Waals surface area contributed by atoms with E-state index in [4.69, 9.17) is 4.74 Å². The number of halogens is 1. The van der Waals surface area contributed by atoms with Crippen LogP contribution in [0.3, 0.4) is 0 Å². The summed E-state index contributed by atoms with van der Waals surface area (Å²) in [6.07, 6.45) is 2.41. The van der Waals surface area contributed by atoms with Gasteiger partial charge in [-0.2, -0.15) is 5.10 Å². The number of ether oxygens (including phenoxy) is 1. The maximum Gasteiger partial charge on any atom is 0.270 e. The average molecular weight is 383 g/mol.